The average molecular weight is 543 g/mol. The van der Waals surface area contributed by atoms with Crippen LogP contribution in [0.3, 0.4) is 0 Å². The van der Waals surface area contributed by atoms with Crippen LogP contribution in [-0.4, -0.2) is 34.7 Å². The number of fused-ring (bicyclic) bond motifs is 1. The minimum absolute atomic E-state index is 0.192. The summed E-state index contributed by atoms with van der Waals surface area (Å²) >= 11 is 3.59. The van der Waals surface area contributed by atoms with Gasteiger partial charge in [-0.2, -0.15) is 0 Å². The van der Waals surface area contributed by atoms with Crippen molar-refractivity contribution in [2.45, 2.75) is 51.5 Å². The number of unbranched alkanes of at least 4 members (excludes halogenated alkanes) is 1. The van der Waals surface area contributed by atoms with E-state index < -0.39 is 11.0 Å². The molecular weight excluding hydrogens is 513 g/mol. The molecule has 0 fully saturated rings. The molecule has 0 saturated carbocycles. The molecule has 2 rings (SSSR count). The predicted molar refractivity (Wildman–Crippen MR) is 132 cm³/mol. The van der Waals surface area contributed by atoms with Crippen molar-refractivity contribution in [1.82, 2.24) is 15.8 Å². The standard InChI is InChI=1S/C22H30IN3O3S/c1-6-7-10-28-25-9-8-22(3,4)26-20(27)21(30-5)29-18-11-15(2)19-16(13-18)12-17(23)14-24-19/h8-9,11-14,21,25H,6-7,10H2,1-5H3,(H,26,27). The van der Waals surface area contributed by atoms with Crippen LogP contribution in [-0.2, 0) is 9.63 Å². The Labute approximate surface area is 196 Å². The topological polar surface area (TPSA) is 72.5 Å². The second kappa shape index (κ2) is 11.8. The van der Waals surface area contributed by atoms with Gasteiger partial charge in [-0.3, -0.25) is 20.1 Å². The summed E-state index contributed by atoms with van der Waals surface area (Å²) in [6, 6.07) is 5.90. The van der Waals surface area contributed by atoms with Crippen LogP contribution in [0.5, 0.6) is 5.75 Å². The number of halogens is 1. The molecule has 1 aromatic heterocycles. The molecule has 1 heterocycles. The number of thioether (sulfide) groups is 1. The van der Waals surface area contributed by atoms with Gasteiger partial charge in [0.15, 0.2) is 0 Å². The lowest BCUT2D eigenvalue weighted by atomic mass is 10.1. The number of ether oxygens (including phenoxy) is 1. The third-order valence-corrected chi connectivity index (χ3v) is 5.61. The predicted octanol–water partition coefficient (Wildman–Crippen LogP) is 4.95. The van der Waals surface area contributed by atoms with Crippen molar-refractivity contribution in [3.8, 4) is 5.75 Å². The van der Waals surface area contributed by atoms with Gasteiger partial charge in [-0.1, -0.05) is 13.3 Å². The number of nitrogens with one attached hydrogen (secondary N) is 2. The molecule has 8 heteroatoms. The van der Waals surface area contributed by atoms with E-state index in [2.05, 4.69) is 51.4 Å². The van der Waals surface area contributed by atoms with Crippen molar-refractivity contribution in [2.24, 2.45) is 0 Å². The first-order valence-electron chi connectivity index (χ1n) is 9.88. The van der Waals surface area contributed by atoms with Gasteiger partial charge in [0.05, 0.1) is 17.7 Å². The van der Waals surface area contributed by atoms with Crippen molar-refractivity contribution in [1.29, 1.82) is 0 Å². The number of hydrogen-bond donors (Lipinski definition) is 2. The summed E-state index contributed by atoms with van der Waals surface area (Å²) in [5.41, 5.74) is 3.51. The Balaban J connectivity index is 2.02. The fraction of sp³-hybridized carbons (Fsp3) is 0.455. The highest BCUT2D eigenvalue weighted by Gasteiger charge is 2.25. The second-order valence-electron chi connectivity index (χ2n) is 7.52. The van der Waals surface area contributed by atoms with Crippen molar-refractivity contribution < 1.29 is 14.4 Å². The molecule has 2 aromatic rings. The Kier molecular flexibility index (Phi) is 9.70. The molecule has 30 heavy (non-hydrogen) atoms. The number of amides is 1. The highest BCUT2D eigenvalue weighted by molar-refractivity contribution is 14.1. The molecule has 0 saturated heterocycles. The second-order valence-corrected chi connectivity index (χ2v) is 9.66. The Morgan fingerprint density at radius 3 is 2.83 bits per heavy atom. The highest BCUT2D eigenvalue weighted by Crippen LogP contribution is 2.27. The zero-order valence-electron chi connectivity index (χ0n) is 18.1. The van der Waals surface area contributed by atoms with Crippen LogP contribution in [0.1, 0.15) is 39.2 Å². The molecule has 1 atom stereocenters. The Hall–Kier alpha value is -1.52. The number of hydrogen-bond acceptors (Lipinski definition) is 6. The molecule has 0 aliphatic heterocycles. The summed E-state index contributed by atoms with van der Waals surface area (Å²) in [6.07, 6.45) is 9.32. The third kappa shape index (κ3) is 7.63. The summed E-state index contributed by atoms with van der Waals surface area (Å²) < 4.78 is 7.08. The molecule has 2 N–H and O–H groups in total. The quantitative estimate of drug-likeness (QED) is 0.181. The Morgan fingerprint density at radius 2 is 2.13 bits per heavy atom. The number of aryl methyl sites for hydroxylation is 1. The van der Waals surface area contributed by atoms with Crippen LogP contribution < -0.4 is 15.5 Å². The van der Waals surface area contributed by atoms with E-state index in [0.29, 0.717) is 12.4 Å². The van der Waals surface area contributed by atoms with Gasteiger partial charge in [0.2, 0.25) is 5.44 Å². The number of hydroxylamine groups is 1. The molecule has 0 spiro atoms. The van der Waals surface area contributed by atoms with Gasteiger partial charge < -0.3 is 10.1 Å². The van der Waals surface area contributed by atoms with Crippen molar-refractivity contribution >= 4 is 51.2 Å². The van der Waals surface area contributed by atoms with Gasteiger partial charge in [0.25, 0.3) is 5.91 Å². The Bertz CT molecular complexity index is 889. The lowest BCUT2D eigenvalue weighted by Crippen LogP contribution is -2.47. The van der Waals surface area contributed by atoms with E-state index in [0.717, 1.165) is 32.9 Å². The molecule has 1 aromatic carbocycles. The number of nitrogens with zero attached hydrogens (tertiary/aromatic N) is 1. The van der Waals surface area contributed by atoms with Gasteiger partial charge in [0, 0.05) is 21.4 Å². The van der Waals surface area contributed by atoms with Gasteiger partial charge in [-0.05, 0) is 85.9 Å². The fourth-order valence-electron chi connectivity index (χ4n) is 2.76. The van der Waals surface area contributed by atoms with Crippen molar-refractivity contribution in [3.05, 3.63) is 45.8 Å². The van der Waals surface area contributed by atoms with E-state index in [-0.39, 0.29) is 5.91 Å². The van der Waals surface area contributed by atoms with Crippen LogP contribution >= 0.6 is 34.4 Å². The van der Waals surface area contributed by atoms with E-state index >= 15 is 0 Å². The van der Waals surface area contributed by atoms with Crippen LogP contribution in [0.25, 0.3) is 10.9 Å². The molecule has 1 amide bonds. The highest BCUT2D eigenvalue weighted by atomic mass is 127. The summed E-state index contributed by atoms with van der Waals surface area (Å²) in [5, 5.41) is 4.00. The smallest absolute Gasteiger partial charge is 0.272 e. The van der Waals surface area contributed by atoms with E-state index in [1.165, 1.54) is 11.8 Å². The number of rotatable bonds is 11. The van der Waals surface area contributed by atoms with E-state index in [4.69, 9.17) is 9.57 Å². The number of aromatic nitrogens is 1. The molecular formula is C22H30IN3O3S. The van der Waals surface area contributed by atoms with Gasteiger partial charge >= 0.3 is 0 Å². The molecule has 6 nitrogen and oxygen atoms in total. The van der Waals surface area contributed by atoms with Crippen LogP contribution in [0, 0.1) is 10.5 Å². The first-order valence-corrected chi connectivity index (χ1v) is 12.2. The minimum Gasteiger partial charge on any atom is -0.470 e. The lowest BCUT2D eigenvalue weighted by molar-refractivity contribution is -0.125. The van der Waals surface area contributed by atoms with Gasteiger partial charge in [0.1, 0.15) is 5.75 Å². The third-order valence-electron chi connectivity index (χ3n) is 4.28. The van der Waals surface area contributed by atoms with Crippen LogP contribution in [0.4, 0.5) is 0 Å². The molecule has 0 aliphatic rings. The average Bonchev–Trinajstić information content (AvgIpc) is 2.68. The SMILES string of the molecule is CCCCONC=CC(C)(C)NC(=O)C(Oc1cc(C)c2ncc(I)cc2c1)SC. The minimum atomic E-state index is -0.668. The first kappa shape index (κ1) is 24.7. The summed E-state index contributed by atoms with van der Waals surface area (Å²) in [6.45, 7) is 8.59. The van der Waals surface area contributed by atoms with Crippen molar-refractivity contribution in [3.63, 3.8) is 0 Å². The maximum Gasteiger partial charge on any atom is 0.272 e. The fourth-order valence-corrected chi connectivity index (χ4v) is 3.71. The summed E-state index contributed by atoms with van der Waals surface area (Å²) in [5.74, 6) is 0.459. The van der Waals surface area contributed by atoms with Crippen LogP contribution in [0.2, 0.25) is 0 Å². The number of pyridine rings is 1. The van der Waals surface area contributed by atoms with Gasteiger partial charge in [-0.25, -0.2) is 0 Å². The maximum absolute atomic E-state index is 12.8. The maximum atomic E-state index is 12.8. The zero-order valence-corrected chi connectivity index (χ0v) is 21.1. The number of carbonyl (C=O) groups excluding carboxylic acids is 1. The summed E-state index contributed by atoms with van der Waals surface area (Å²) in [7, 11) is 0. The monoisotopic (exact) mass is 543 g/mol. The molecule has 0 bridgehead atoms. The number of benzene rings is 1. The van der Waals surface area contributed by atoms with E-state index in [1.807, 2.05) is 51.4 Å². The largest absolute Gasteiger partial charge is 0.470 e. The first-order chi connectivity index (χ1) is 14.3. The molecule has 1 unspecified atom stereocenters. The van der Waals surface area contributed by atoms with Crippen molar-refractivity contribution in [2.75, 3.05) is 12.9 Å². The summed E-state index contributed by atoms with van der Waals surface area (Å²) in [4.78, 5) is 22.6. The van der Waals surface area contributed by atoms with E-state index in [9.17, 15) is 4.79 Å². The number of carbonyl (C=O) groups is 1. The Morgan fingerprint density at radius 1 is 1.37 bits per heavy atom. The molecule has 0 aliphatic carbocycles. The molecule has 164 valence electrons. The lowest BCUT2D eigenvalue weighted by Gasteiger charge is -2.25. The van der Waals surface area contributed by atoms with Gasteiger partial charge in [-0.15, -0.1) is 11.8 Å². The van der Waals surface area contributed by atoms with E-state index in [1.54, 1.807) is 6.20 Å². The van der Waals surface area contributed by atoms with Crippen LogP contribution in [0.15, 0.2) is 36.7 Å². The zero-order chi connectivity index (χ0) is 22.1. The normalized spacial score (nSPS) is 12.9. The molecule has 0 radical (unpaired) electrons.